The Bertz CT molecular complexity index is 954. The van der Waals surface area contributed by atoms with Crippen LogP contribution in [-0.2, 0) is 13.1 Å². The molecule has 0 aliphatic heterocycles. The number of nitrogens with one attached hydrogen (secondary N) is 4. The van der Waals surface area contributed by atoms with Gasteiger partial charge >= 0.3 is 12.1 Å². The molecule has 4 amide bonds. The number of hydrogen-bond donors (Lipinski definition) is 4. The van der Waals surface area contributed by atoms with E-state index in [9.17, 15) is 9.59 Å². The number of aromatic nitrogens is 4. The second-order valence-corrected chi connectivity index (χ2v) is 7.10. The molecule has 3 rings (SSSR count). The second kappa shape index (κ2) is 11.4. The van der Waals surface area contributed by atoms with Gasteiger partial charge in [0.2, 0.25) is 0 Å². The Hall–Kier alpha value is -3.82. The summed E-state index contributed by atoms with van der Waals surface area (Å²) < 4.78 is 3.92. The molecule has 4 N–H and O–H groups in total. The van der Waals surface area contributed by atoms with Crippen molar-refractivity contribution in [3.63, 3.8) is 0 Å². The fraction of sp³-hybridized carbons (Fsp3) is 0.333. The highest BCUT2D eigenvalue weighted by atomic mass is 16.2. The van der Waals surface area contributed by atoms with Gasteiger partial charge in [-0.15, -0.1) is 0 Å². The average Bonchev–Trinajstić information content (AvgIpc) is 3.45. The van der Waals surface area contributed by atoms with Crippen LogP contribution in [0.5, 0.6) is 0 Å². The summed E-state index contributed by atoms with van der Waals surface area (Å²) in [5.74, 6) is 0. The molecule has 0 saturated heterocycles. The van der Waals surface area contributed by atoms with Crippen molar-refractivity contribution in [2.45, 2.75) is 32.9 Å². The number of rotatable bonds is 10. The summed E-state index contributed by atoms with van der Waals surface area (Å²) in [5, 5.41) is 11.3. The first-order valence-corrected chi connectivity index (χ1v) is 10.2. The standard InChI is InChI=1S/C21H28N8O2/c1-17-4-5-18(26-20(30)24-6-2-10-28-12-8-22-15-28)14-19(17)27-21(31)25-7-3-11-29-13-9-23-16-29/h4-5,8-9,12-16H,2-3,6-7,10-11H2,1H3,(H2,24,26,30)(H2,25,27,31). The molecule has 0 radical (unpaired) electrons. The topological polar surface area (TPSA) is 118 Å². The Balaban J connectivity index is 1.38. The lowest BCUT2D eigenvalue weighted by molar-refractivity contribution is 0.251. The van der Waals surface area contributed by atoms with Crippen LogP contribution in [0, 0.1) is 6.92 Å². The maximum absolute atomic E-state index is 12.2. The monoisotopic (exact) mass is 424 g/mol. The van der Waals surface area contributed by atoms with Gasteiger partial charge in [0.25, 0.3) is 0 Å². The molecule has 0 atom stereocenters. The Labute approximate surface area is 181 Å². The predicted molar refractivity (Wildman–Crippen MR) is 119 cm³/mol. The van der Waals surface area contributed by atoms with Crippen molar-refractivity contribution in [1.29, 1.82) is 0 Å². The van der Waals surface area contributed by atoms with E-state index in [-0.39, 0.29) is 12.1 Å². The number of hydrogen-bond acceptors (Lipinski definition) is 4. The maximum atomic E-state index is 12.2. The van der Waals surface area contributed by atoms with Gasteiger partial charge in [-0.2, -0.15) is 0 Å². The van der Waals surface area contributed by atoms with Gasteiger partial charge in [-0.25, -0.2) is 19.6 Å². The van der Waals surface area contributed by atoms with Crippen LogP contribution in [0.4, 0.5) is 21.0 Å². The minimum atomic E-state index is -0.288. The fourth-order valence-electron chi connectivity index (χ4n) is 2.94. The van der Waals surface area contributed by atoms with Gasteiger partial charge in [0, 0.05) is 62.3 Å². The molecular formula is C21H28N8O2. The van der Waals surface area contributed by atoms with Gasteiger partial charge in [0.1, 0.15) is 0 Å². The molecule has 3 aromatic rings. The van der Waals surface area contributed by atoms with E-state index >= 15 is 0 Å². The van der Waals surface area contributed by atoms with Gasteiger partial charge in [-0.1, -0.05) is 6.07 Å². The summed E-state index contributed by atoms with van der Waals surface area (Å²) in [4.78, 5) is 32.3. The molecule has 2 aromatic heterocycles. The zero-order valence-electron chi connectivity index (χ0n) is 17.5. The van der Waals surface area contributed by atoms with E-state index in [0.29, 0.717) is 24.5 Å². The van der Waals surface area contributed by atoms with Crippen molar-refractivity contribution in [3.05, 3.63) is 61.2 Å². The molecule has 10 heteroatoms. The summed E-state index contributed by atoms with van der Waals surface area (Å²) in [6.45, 7) is 4.56. The van der Waals surface area contributed by atoms with Crippen LogP contribution in [0.15, 0.2) is 55.6 Å². The zero-order valence-corrected chi connectivity index (χ0v) is 17.5. The minimum absolute atomic E-state index is 0.283. The SMILES string of the molecule is Cc1ccc(NC(=O)NCCCn2ccnc2)cc1NC(=O)NCCCn1ccnc1. The lowest BCUT2D eigenvalue weighted by Gasteiger charge is -2.13. The van der Waals surface area contributed by atoms with Crippen molar-refractivity contribution < 1.29 is 9.59 Å². The highest BCUT2D eigenvalue weighted by Crippen LogP contribution is 2.20. The molecule has 2 heterocycles. The van der Waals surface area contributed by atoms with E-state index in [1.807, 2.05) is 34.5 Å². The minimum Gasteiger partial charge on any atom is -0.338 e. The van der Waals surface area contributed by atoms with Crippen molar-refractivity contribution >= 4 is 23.4 Å². The number of carbonyl (C=O) groups excluding carboxylic acids is 2. The van der Waals surface area contributed by atoms with Gasteiger partial charge in [-0.3, -0.25) is 0 Å². The van der Waals surface area contributed by atoms with Gasteiger partial charge in [0.05, 0.1) is 12.7 Å². The number of amides is 4. The highest BCUT2D eigenvalue weighted by Gasteiger charge is 2.07. The van der Waals surface area contributed by atoms with E-state index in [1.165, 1.54) is 0 Å². The van der Waals surface area contributed by atoms with E-state index < -0.39 is 0 Å². The first-order chi connectivity index (χ1) is 15.1. The van der Waals surface area contributed by atoms with E-state index in [4.69, 9.17) is 0 Å². The first-order valence-electron chi connectivity index (χ1n) is 10.2. The molecule has 0 bridgehead atoms. The van der Waals surface area contributed by atoms with Crippen LogP contribution >= 0.6 is 0 Å². The highest BCUT2D eigenvalue weighted by molar-refractivity contribution is 5.93. The molecular weight excluding hydrogens is 396 g/mol. The average molecular weight is 425 g/mol. The largest absolute Gasteiger partial charge is 0.338 e. The van der Waals surface area contributed by atoms with Gasteiger partial charge < -0.3 is 30.4 Å². The van der Waals surface area contributed by atoms with Crippen LogP contribution in [0.3, 0.4) is 0 Å². The number of anilines is 2. The molecule has 0 fully saturated rings. The van der Waals surface area contributed by atoms with Crippen LogP contribution < -0.4 is 21.3 Å². The third-order valence-corrected chi connectivity index (χ3v) is 4.62. The number of imidazole rings is 2. The quantitative estimate of drug-likeness (QED) is 0.374. The number of carbonyl (C=O) groups is 2. The molecule has 164 valence electrons. The second-order valence-electron chi connectivity index (χ2n) is 7.10. The zero-order chi connectivity index (χ0) is 21.9. The molecule has 0 spiro atoms. The number of urea groups is 2. The first kappa shape index (κ1) is 21.9. The van der Waals surface area contributed by atoms with Crippen molar-refractivity contribution in [1.82, 2.24) is 29.7 Å². The van der Waals surface area contributed by atoms with Crippen molar-refractivity contribution in [2.24, 2.45) is 0 Å². The van der Waals surface area contributed by atoms with Crippen molar-refractivity contribution in [2.75, 3.05) is 23.7 Å². The maximum Gasteiger partial charge on any atom is 0.319 e. The normalized spacial score (nSPS) is 10.5. The predicted octanol–water partition coefficient (Wildman–Crippen LogP) is 2.81. The van der Waals surface area contributed by atoms with Crippen LogP contribution in [-0.4, -0.2) is 44.3 Å². The Kier molecular flexibility index (Phi) is 8.04. The summed E-state index contributed by atoms with van der Waals surface area (Å²) >= 11 is 0. The van der Waals surface area contributed by atoms with E-state index in [1.54, 1.807) is 37.2 Å². The molecule has 31 heavy (non-hydrogen) atoms. The van der Waals surface area contributed by atoms with E-state index in [2.05, 4.69) is 31.2 Å². The Morgan fingerprint density at radius 3 is 2.00 bits per heavy atom. The Morgan fingerprint density at radius 1 is 0.871 bits per heavy atom. The third-order valence-electron chi connectivity index (χ3n) is 4.62. The molecule has 10 nitrogen and oxygen atoms in total. The van der Waals surface area contributed by atoms with E-state index in [0.717, 1.165) is 31.5 Å². The molecule has 1 aromatic carbocycles. The number of benzene rings is 1. The lowest BCUT2D eigenvalue weighted by atomic mass is 10.2. The molecule has 0 unspecified atom stereocenters. The smallest absolute Gasteiger partial charge is 0.319 e. The fourth-order valence-corrected chi connectivity index (χ4v) is 2.94. The lowest BCUT2D eigenvalue weighted by Crippen LogP contribution is -2.31. The molecule has 0 aliphatic rings. The van der Waals surface area contributed by atoms with Crippen LogP contribution in [0.25, 0.3) is 0 Å². The molecule has 0 saturated carbocycles. The summed E-state index contributed by atoms with van der Waals surface area (Å²) in [5.41, 5.74) is 2.15. The van der Waals surface area contributed by atoms with Gasteiger partial charge in [-0.05, 0) is 37.5 Å². The summed E-state index contributed by atoms with van der Waals surface area (Å²) in [6.07, 6.45) is 12.3. The summed E-state index contributed by atoms with van der Waals surface area (Å²) in [6, 6.07) is 4.82. The number of nitrogens with zero attached hydrogens (tertiary/aromatic N) is 4. The van der Waals surface area contributed by atoms with Gasteiger partial charge in [0.15, 0.2) is 0 Å². The number of aryl methyl sites for hydroxylation is 3. The Morgan fingerprint density at radius 2 is 1.45 bits per heavy atom. The third kappa shape index (κ3) is 7.50. The van der Waals surface area contributed by atoms with Crippen molar-refractivity contribution in [3.8, 4) is 0 Å². The molecule has 0 aliphatic carbocycles. The van der Waals surface area contributed by atoms with Crippen LogP contribution in [0.2, 0.25) is 0 Å². The van der Waals surface area contributed by atoms with Crippen LogP contribution in [0.1, 0.15) is 18.4 Å². The summed E-state index contributed by atoms with van der Waals surface area (Å²) in [7, 11) is 0.